The van der Waals surface area contributed by atoms with Gasteiger partial charge in [0.05, 0.1) is 5.69 Å². The van der Waals surface area contributed by atoms with Crippen LogP contribution in [0.25, 0.3) is 54.5 Å². The Bertz CT molecular complexity index is 1860. The minimum absolute atomic E-state index is 1.16. The van der Waals surface area contributed by atoms with Crippen molar-refractivity contribution in [3.05, 3.63) is 121 Å². The first-order valence-corrected chi connectivity index (χ1v) is 12.0. The molecule has 0 amide bonds. The van der Waals surface area contributed by atoms with Gasteiger partial charge in [-0.25, -0.2) is 0 Å². The topological polar surface area (TPSA) is 19.0 Å². The van der Waals surface area contributed by atoms with E-state index in [2.05, 4.69) is 138 Å². The summed E-state index contributed by atoms with van der Waals surface area (Å²) in [5, 5.41) is 7.59. The number of H-pyrrole nitrogens is 1. The summed E-state index contributed by atoms with van der Waals surface area (Å²) in [6, 6.07) is 43.6. The van der Waals surface area contributed by atoms with E-state index in [1.54, 1.807) is 0 Å². The van der Waals surface area contributed by atoms with Gasteiger partial charge in [-0.05, 0) is 46.0 Å². The van der Waals surface area contributed by atoms with Crippen LogP contribution in [0.4, 0.5) is 11.4 Å². The fourth-order valence-corrected chi connectivity index (χ4v) is 5.55. The second-order valence-corrected chi connectivity index (χ2v) is 9.14. The zero-order valence-electron chi connectivity index (χ0n) is 19.5. The molecule has 0 fully saturated rings. The van der Waals surface area contributed by atoms with Crippen molar-refractivity contribution < 1.29 is 0 Å². The van der Waals surface area contributed by atoms with Crippen LogP contribution in [0.2, 0.25) is 0 Å². The van der Waals surface area contributed by atoms with Gasteiger partial charge in [0.15, 0.2) is 0 Å². The van der Waals surface area contributed by atoms with Gasteiger partial charge in [0.1, 0.15) is 0 Å². The Kier molecular flexibility index (Phi) is 4.40. The lowest BCUT2D eigenvalue weighted by Gasteiger charge is -2.27. The lowest BCUT2D eigenvalue weighted by molar-refractivity contribution is 1.23. The molecule has 35 heavy (non-hydrogen) atoms. The molecule has 0 bridgehead atoms. The number of rotatable bonds is 3. The van der Waals surface area contributed by atoms with Gasteiger partial charge in [-0.2, -0.15) is 0 Å². The number of hydrogen-bond acceptors (Lipinski definition) is 1. The summed E-state index contributed by atoms with van der Waals surface area (Å²) < 4.78 is 0. The summed E-state index contributed by atoms with van der Waals surface area (Å²) >= 11 is 0. The van der Waals surface area contributed by atoms with Crippen molar-refractivity contribution >= 4 is 54.7 Å². The molecule has 1 N–H and O–H groups in total. The fourth-order valence-electron chi connectivity index (χ4n) is 5.55. The Morgan fingerprint density at radius 2 is 1.06 bits per heavy atom. The quantitative estimate of drug-likeness (QED) is 0.267. The lowest BCUT2D eigenvalue weighted by atomic mass is 9.90. The van der Waals surface area contributed by atoms with Gasteiger partial charge in [0.25, 0.3) is 0 Å². The minimum Gasteiger partial charge on any atom is -0.354 e. The summed E-state index contributed by atoms with van der Waals surface area (Å²) in [5.74, 6) is 0. The summed E-state index contributed by atoms with van der Waals surface area (Å²) in [5.41, 5.74) is 7.19. The standard InChI is InChI=1S/C33H24N2/c1-35(23-11-3-2-4-12-23)33-29-17-8-6-14-25(29)24-13-5-7-16-28(24)32(33)22-19-20-27-26-15-9-10-18-30(26)34-31(27)21-22/h2-21,34H,1H3. The van der Waals surface area contributed by atoms with Gasteiger partial charge in [0.2, 0.25) is 0 Å². The average molecular weight is 449 g/mol. The van der Waals surface area contributed by atoms with Gasteiger partial charge in [-0.15, -0.1) is 0 Å². The van der Waals surface area contributed by atoms with E-state index in [0.717, 1.165) is 5.52 Å². The van der Waals surface area contributed by atoms with Crippen LogP contribution in [0.5, 0.6) is 0 Å². The van der Waals surface area contributed by atoms with E-state index in [4.69, 9.17) is 0 Å². The van der Waals surface area contributed by atoms with E-state index in [1.807, 2.05) is 0 Å². The number of anilines is 2. The smallest absolute Gasteiger partial charge is 0.0573 e. The molecule has 0 aliphatic heterocycles. The maximum absolute atomic E-state index is 3.64. The molecule has 7 rings (SSSR count). The largest absolute Gasteiger partial charge is 0.354 e. The first-order chi connectivity index (χ1) is 17.3. The third-order valence-corrected chi connectivity index (χ3v) is 7.18. The van der Waals surface area contributed by atoms with E-state index in [-0.39, 0.29) is 0 Å². The maximum Gasteiger partial charge on any atom is 0.0573 e. The lowest BCUT2D eigenvalue weighted by Crippen LogP contribution is -2.11. The van der Waals surface area contributed by atoms with Crippen molar-refractivity contribution in [1.82, 2.24) is 4.98 Å². The van der Waals surface area contributed by atoms with E-state index in [0.29, 0.717) is 0 Å². The van der Waals surface area contributed by atoms with E-state index < -0.39 is 0 Å². The van der Waals surface area contributed by atoms with Crippen molar-refractivity contribution in [2.75, 3.05) is 11.9 Å². The Morgan fingerprint density at radius 3 is 1.83 bits per heavy atom. The number of hydrogen-bond donors (Lipinski definition) is 1. The summed E-state index contributed by atoms with van der Waals surface area (Å²) in [7, 11) is 2.18. The average Bonchev–Trinajstić information content (AvgIpc) is 3.30. The Balaban J connectivity index is 1.61. The van der Waals surface area contributed by atoms with Crippen LogP contribution in [0, 0.1) is 0 Å². The highest BCUT2D eigenvalue weighted by Crippen LogP contribution is 2.46. The SMILES string of the molecule is CN(c1ccccc1)c1c(-c2ccc3c(c2)[nH]c2ccccc23)c2ccccc2c2ccccc12. The third kappa shape index (κ3) is 3.04. The molecule has 2 heteroatoms. The molecule has 0 aliphatic rings. The second kappa shape index (κ2) is 7.75. The number of aromatic nitrogens is 1. The molecule has 6 aromatic carbocycles. The monoisotopic (exact) mass is 448 g/mol. The van der Waals surface area contributed by atoms with Crippen molar-refractivity contribution in [2.24, 2.45) is 0 Å². The second-order valence-electron chi connectivity index (χ2n) is 9.14. The molecule has 0 saturated heterocycles. The van der Waals surface area contributed by atoms with Crippen LogP contribution in [-0.2, 0) is 0 Å². The molecular weight excluding hydrogens is 424 g/mol. The van der Waals surface area contributed by atoms with Crippen LogP contribution in [0.1, 0.15) is 0 Å². The predicted molar refractivity (Wildman–Crippen MR) is 151 cm³/mol. The Morgan fingerprint density at radius 1 is 0.486 bits per heavy atom. The summed E-state index contributed by atoms with van der Waals surface area (Å²) in [4.78, 5) is 5.97. The number of fused-ring (bicyclic) bond motifs is 6. The van der Waals surface area contributed by atoms with Gasteiger partial charge >= 0.3 is 0 Å². The van der Waals surface area contributed by atoms with E-state index in [1.165, 1.54) is 60.3 Å². The molecule has 7 aromatic rings. The maximum atomic E-state index is 3.64. The number of para-hydroxylation sites is 2. The van der Waals surface area contributed by atoms with Crippen molar-refractivity contribution in [3.63, 3.8) is 0 Å². The molecule has 166 valence electrons. The highest BCUT2D eigenvalue weighted by atomic mass is 15.1. The van der Waals surface area contributed by atoms with Crippen LogP contribution in [0.3, 0.4) is 0 Å². The van der Waals surface area contributed by atoms with Crippen LogP contribution >= 0.6 is 0 Å². The predicted octanol–water partition coefficient (Wildman–Crippen LogP) is 9.06. The molecular formula is C33H24N2. The van der Waals surface area contributed by atoms with Crippen molar-refractivity contribution in [1.29, 1.82) is 0 Å². The number of benzene rings is 6. The molecule has 0 saturated carbocycles. The normalized spacial score (nSPS) is 11.6. The summed E-state index contributed by atoms with van der Waals surface area (Å²) in [6.45, 7) is 0. The van der Waals surface area contributed by atoms with E-state index >= 15 is 0 Å². The molecule has 1 aromatic heterocycles. The highest BCUT2D eigenvalue weighted by molar-refractivity contribution is 6.22. The molecule has 0 unspecified atom stereocenters. The molecule has 0 atom stereocenters. The van der Waals surface area contributed by atoms with Gasteiger partial charge in [-0.1, -0.05) is 97.1 Å². The third-order valence-electron chi connectivity index (χ3n) is 7.18. The van der Waals surface area contributed by atoms with Gasteiger partial charge in [0, 0.05) is 45.5 Å². The minimum atomic E-state index is 1.16. The summed E-state index contributed by atoms with van der Waals surface area (Å²) in [6.07, 6.45) is 0. The Labute approximate surface area is 204 Å². The number of aromatic amines is 1. The number of nitrogens with one attached hydrogen (secondary N) is 1. The van der Waals surface area contributed by atoms with Crippen molar-refractivity contribution in [2.45, 2.75) is 0 Å². The zero-order valence-corrected chi connectivity index (χ0v) is 19.5. The fraction of sp³-hybridized carbons (Fsp3) is 0.0303. The zero-order chi connectivity index (χ0) is 23.4. The van der Waals surface area contributed by atoms with Crippen LogP contribution in [-0.4, -0.2) is 12.0 Å². The van der Waals surface area contributed by atoms with E-state index in [9.17, 15) is 0 Å². The van der Waals surface area contributed by atoms with Gasteiger partial charge in [-0.3, -0.25) is 0 Å². The van der Waals surface area contributed by atoms with Crippen LogP contribution in [0.15, 0.2) is 121 Å². The first-order valence-electron chi connectivity index (χ1n) is 12.0. The number of nitrogens with zero attached hydrogens (tertiary/aromatic N) is 1. The molecule has 1 heterocycles. The first kappa shape index (κ1) is 19.9. The molecule has 2 nitrogen and oxygen atoms in total. The highest BCUT2D eigenvalue weighted by Gasteiger charge is 2.20. The van der Waals surface area contributed by atoms with Crippen LogP contribution < -0.4 is 4.90 Å². The van der Waals surface area contributed by atoms with Gasteiger partial charge < -0.3 is 9.88 Å². The molecule has 0 spiro atoms. The molecule has 0 aliphatic carbocycles. The Hall–Kier alpha value is -4.56. The van der Waals surface area contributed by atoms with Crippen molar-refractivity contribution in [3.8, 4) is 11.1 Å². The molecule has 0 radical (unpaired) electrons.